The zero-order chi connectivity index (χ0) is 21.3. The largest absolute Gasteiger partial charge is 0.489 e. The van der Waals surface area contributed by atoms with Gasteiger partial charge in [0.1, 0.15) is 18.2 Å². The fourth-order valence-corrected chi connectivity index (χ4v) is 3.45. The third-order valence-electron chi connectivity index (χ3n) is 3.84. The van der Waals surface area contributed by atoms with Gasteiger partial charge >= 0.3 is 5.97 Å². The van der Waals surface area contributed by atoms with E-state index in [1.807, 2.05) is 24.3 Å². The number of esters is 1. The van der Waals surface area contributed by atoms with Gasteiger partial charge in [-0.25, -0.2) is 9.37 Å². The summed E-state index contributed by atoms with van der Waals surface area (Å²) in [5, 5.41) is 6.53. The molecule has 0 aliphatic carbocycles. The number of hydrogen-bond donors (Lipinski definition) is 1. The van der Waals surface area contributed by atoms with E-state index in [9.17, 15) is 9.18 Å². The molecule has 156 valence electrons. The zero-order valence-electron chi connectivity index (χ0n) is 16.1. The standard InChI is InChI=1S/C21H19BrFN3O3S/c1-2-28-20(27)10-17-13-30-21(25-17)26-24-11-14-3-6-18(7-4-14)29-12-15-9-16(23)5-8-19(15)22/h3-9,11,13H,2,10,12H2,1H3,(H,25,26). The number of benzene rings is 2. The van der Waals surface area contributed by atoms with Crippen LogP contribution in [-0.2, 0) is 22.6 Å². The second kappa shape index (κ2) is 10.8. The van der Waals surface area contributed by atoms with Crippen molar-refractivity contribution in [2.24, 2.45) is 5.10 Å². The third kappa shape index (κ3) is 6.64. The molecule has 1 aromatic heterocycles. The fraction of sp³-hybridized carbons (Fsp3) is 0.190. The van der Waals surface area contributed by atoms with E-state index in [2.05, 4.69) is 31.4 Å². The van der Waals surface area contributed by atoms with Crippen LogP contribution in [0.25, 0.3) is 0 Å². The first-order chi connectivity index (χ1) is 14.5. The molecule has 2 aromatic carbocycles. The molecule has 0 unspecified atom stereocenters. The lowest BCUT2D eigenvalue weighted by atomic mass is 10.2. The summed E-state index contributed by atoms with van der Waals surface area (Å²) < 4.78 is 24.7. The Morgan fingerprint density at radius 2 is 2.10 bits per heavy atom. The van der Waals surface area contributed by atoms with Crippen LogP contribution in [0.1, 0.15) is 23.7 Å². The lowest BCUT2D eigenvalue weighted by molar-refractivity contribution is -0.142. The van der Waals surface area contributed by atoms with E-state index < -0.39 is 0 Å². The number of aromatic nitrogens is 1. The second-order valence-corrected chi connectivity index (χ2v) is 7.80. The summed E-state index contributed by atoms with van der Waals surface area (Å²) in [7, 11) is 0. The summed E-state index contributed by atoms with van der Waals surface area (Å²) in [6.45, 7) is 2.37. The van der Waals surface area contributed by atoms with Gasteiger partial charge in [0, 0.05) is 15.4 Å². The van der Waals surface area contributed by atoms with Crippen LogP contribution in [0.4, 0.5) is 9.52 Å². The van der Waals surface area contributed by atoms with Gasteiger partial charge in [0.25, 0.3) is 0 Å². The second-order valence-electron chi connectivity index (χ2n) is 6.09. The Labute approximate surface area is 185 Å². The Hall–Kier alpha value is -2.78. The number of ether oxygens (including phenoxy) is 2. The van der Waals surface area contributed by atoms with E-state index in [1.165, 1.54) is 23.5 Å². The Bertz CT molecular complexity index is 1020. The van der Waals surface area contributed by atoms with Crippen molar-refractivity contribution in [1.29, 1.82) is 0 Å². The average Bonchev–Trinajstić information content (AvgIpc) is 3.17. The number of carbonyl (C=O) groups is 1. The third-order valence-corrected chi connectivity index (χ3v) is 5.41. The van der Waals surface area contributed by atoms with Crippen LogP contribution in [0.3, 0.4) is 0 Å². The molecule has 0 saturated heterocycles. The monoisotopic (exact) mass is 491 g/mol. The summed E-state index contributed by atoms with van der Waals surface area (Å²) in [4.78, 5) is 15.8. The predicted octanol–water partition coefficient (Wildman–Crippen LogP) is 5.18. The summed E-state index contributed by atoms with van der Waals surface area (Å²) in [6.07, 6.45) is 1.79. The molecule has 0 amide bonds. The van der Waals surface area contributed by atoms with Crippen LogP contribution in [0.2, 0.25) is 0 Å². The predicted molar refractivity (Wildman–Crippen MR) is 119 cm³/mol. The number of hydrazone groups is 1. The molecule has 30 heavy (non-hydrogen) atoms. The van der Waals surface area contributed by atoms with E-state index in [0.717, 1.165) is 15.6 Å². The van der Waals surface area contributed by atoms with E-state index in [0.29, 0.717) is 23.2 Å². The molecule has 0 fully saturated rings. The average molecular weight is 492 g/mol. The molecule has 6 nitrogen and oxygen atoms in total. The maximum atomic E-state index is 13.3. The van der Waals surface area contributed by atoms with Crippen LogP contribution in [0, 0.1) is 5.82 Å². The van der Waals surface area contributed by atoms with E-state index >= 15 is 0 Å². The van der Waals surface area contributed by atoms with Gasteiger partial charge in [-0.05, 0) is 55.0 Å². The molecule has 3 rings (SSSR count). The van der Waals surface area contributed by atoms with Crippen LogP contribution < -0.4 is 10.2 Å². The van der Waals surface area contributed by atoms with Gasteiger partial charge in [0.15, 0.2) is 0 Å². The highest BCUT2D eigenvalue weighted by molar-refractivity contribution is 9.10. The molecule has 3 aromatic rings. The quantitative estimate of drug-likeness (QED) is 0.253. The first-order valence-electron chi connectivity index (χ1n) is 9.09. The number of nitrogens with zero attached hydrogens (tertiary/aromatic N) is 2. The highest BCUT2D eigenvalue weighted by atomic mass is 79.9. The summed E-state index contributed by atoms with van der Waals surface area (Å²) in [5.74, 6) is 0.0637. The SMILES string of the molecule is CCOC(=O)Cc1csc(NN=Cc2ccc(OCc3cc(F)ccc3Br)cc2)n1. The molecule has 0 radical (unpaired) electrons. The van der Waals surface area contributed by atoms with Crippen molar-refractivity contribution in [3.8, 4) is 5.75 Å². The number of hydrogen-bond acceptors (Lipinski definition) is 7. The number of carbonyl (C=O) groups excluding carboxylic acids is 1. The minimum absolute atomic E-state index is 0.142. The molecule has 0 spiro atoms. The fourth-order valence-electron chi connectivity index (χ4n) is 2.43. The number of rotatable bonds is 9. The molecule has 9 heteroatoms. The van der Waals surface area contributed by atoms with E-state index in [1.54, 1.807) is 24.6 Å². The van der Waals surface area contributed by atoms with E-state index in [4.69, 9.17) is 9.47 Å². The zero-order valence-corrected chi connectivity index (χ0v) is 18.5. The Morgan fingerprint density at radius 1 is 1.30 bits per heavy atom. The lowest BCUT2D eigenvalue weighted by Crippen LogP contribution is -2.07. The van der Waals surface area contributed by atoms with Crippen LogP contribution in [-0.4, -0.2) is 23.8 Å². The Morgan fingerprint density at radius 3 is 2.87 bits per heavy atom. The lowest BCUT2D eigenvalue weighted by Gasteiger charge is -2.08. The van der Waals surface area contributed by atoms with Gasteiger partial charge in [0.2, 0.25) is 5.13 Å². The van der Waals surface area contributed by atoms with Gasteiger partial charge in [0.05, 0.1) is 24.9 Å². The van der Waals surface area contributed by atoms with Crippen molar-refractivity contribution < 1.29 is 18.7 Å². The van der Waals surface area contributed by atoms with Crippen molar-refractivity contribution in [2.75, 3.05) is 12.0 Å². The van der Waals surface area contributed by atoms with Crippen molar-refractivity contribution >= 4 is 44.6 Å². The maximum Gasteiger partial charge on any atom is 0.311 e. The van der Waals surface area contributed by atoms with Gasteiger partial charge in [-0.1, -0.05) is 15.9 Å². The van der Waals surface area contributed by atoms with Crippen molar-refractivity contribution in [3.05, 3.63) is 75.0 Å². The highest BCUT2D eigenvalue weighted by Gasteiger charge is 2.08. The molecule has 0 saturated carbocycles. The smallest absolute Gasteiger partial charge is 0.311 e. The Kier molecular flexibility index (Phi) is 7.92. The van der Waals surface area contributed by atoms with Crippen LogP contribution in [0.5, 0.6) is 5.75 Å². The number of thiazole rings is 1. The van der Waals surface area contributed by atoms with E-state index in [-0.39, 0.29) is 24.8 Å². The summed E-state index contributed by atoms with van der Waals surface area (Å²) in [5.41, 5.74) is 5.08. The van der Waals surface area contributed by atoms with Crippen molar-refractivity contribution in [2.45, 2.75) is 20.0 Å². The molecule has 0 aliphatic heterocycles. The Balaban J connectivity index is 1.49. The van der Waals surface area contributed by atoms with Crippen LogP contribution in [0.15, 0.2) is 57.4 Å². The van der Waals surface area contributed by atoms with Gasteiger partial charge in [-0.2, -0.15) is 5.10 Å². The minimum atomic E-state index is -0.302. The number of anilines is 1. The molecular formula is C21H19BrFN3O3S. The highest BCUT2D eigenvalue weighted by Crippen LogP contribution is 2.21. The topological polar surface area (TPSA) is 72.8 Å². The van der Waals surface area contributed by atoms with Crippen molar-refractivity contribution in [3.63, 3.8) is 0 Å². The molecule has 0 bridgehead atoms. The van der Waals surface area contributed by atoms with Crippen LogP contribution >= 0.6 is 27.3 Å². The number of nitrogens with one attached hydrogen (secondary N) is 1. The molecular weight excluding hydrogens is 473 g/mol. The van der Waals surface area contributed by atoms with Gasteiger partial charge in [-0.15, -0.1) is 11.3 Å². The molecule has 0 aliphatic rings. The summed E-state index contributed by atoms with van der Waals surface area (Å²) >= 11 is 4.74. The first kappa shape index (κ1) is 21.9. The molecule has 1 N–H and O–H groups in total. The van der Waals surface area contributed by atoms with Gasteiger partial charge in [-0.3, -0.25) is 10.2 Å². The molecule has 1 heterocycles. The normalized spacial score (nSPS) is 10.9. The summed E-state index contributed by atoms with van der Waals surface area (Å²) in [6, 6.07) is 11.8. The minimum Gasteiger partial charge on any atom is -0.489 e. The van der Waals surface area contributed by atoms with Gasteiger partial charge < -0.3 is 9.47 Å². The van der Waals surface area contributed by atoms with Crippen molar-refractivity contribution in [1.82, 2.24) is 4.98 Å². The maximum absolute atomic E-state index is 13.3. The number of halogens is 2. The first-order valence-corrected chi connectivity index (χ1v) is 10.8. The molecule has 0 atom stereocenters.